The summed E-state index contributed by atoms with van der Waals surface area (Å²) >= 11 is 0. The Bertz CT molecular complexity index is 1210. The summed E-state index contributed by atoms with van der Waals surface area (Å²) in [6, 6.07) is 3.09. The first kappa shape index (κ1) is 25.9. The molecule has 0 aromatic carbocycles. The number of aliphatic hydroxyl groups excluding tert-OH is 1. The molecule has 1 amide bonds. The zero-order chi connectivity index (χ0) is 25.9. The van der Waals surface area contributed by atoms with E-state index < -0.39 is 18.8 Å². The number of halogens is 3. The topological polar surface area (TPSA) is 103 Å². The number of ether oxygens (including phenoxy) is 2. The van der Waals surface area contributed by atoms with E-state index in [4.69, 9.17) is 19.6 Å². The van der Waals surface area contributed by atoms with Crippen molar-refractivity contribution < 1.29 is 32.5 Å². The van der Waals surface area contributed by atoms with Gasteiger partial charge in [-0.2, -0.15) is 18.3 Å². The second kappa shape index (κ2) is 10.3. The second-order valence-corrected chi connectivity index (χ2v) is 7.63. The minimum Gasteiger partial charge on any atom is -0.491 e. The van der Waals surface area contributed by atoms with Gasteiger partial charge in [-0.3, -0.25) is 14.4 Å². The predicted molar refractivity (Wildman–Crippen MR) is 122 cm³/mol. The van der Waals surface area contributed by atoms with Crippen LogP contribution in [0.15, 0.2) is 30.7 Å². The summed E-state index contributed by atoms with van der Waals surface area (Å²) in [5, 5.41) is 10.8. The van der Waals surface area contributed by atoms with Crippen molar-refractivity contribution in [2.75, 3.05) is 26.2 Å². The summed E-state index contributed by atoms with van der Waals surface area (Å²) in [7, 11) is 4.00. The maximum absolute atomic E-state index is 13.3. The Hall–Kier alpha value is -3.67. The molecule has 1 aliphatic rings. The van der Waals surface area contributed by atoms with Crippen LogP contribution in [-0.4, -0.2) is 58.3 Å². The van der Waals surface area contributed by atoms with Crippen molar-refractivity contribution in [3.05, 3.63) is 47.5 Å². The molecule has 1 atom stereocenters. The lowest BCUT2D eigenvalue weighted by Gasteiger charge is -2.22. The van der Waals surface area contributed by atoms with Gasteiger partial charge in [-0.15, -0.1) is 0 Å². The molecule has 0 bridgehead atoms. The Balaban J connectivity index is 0.00000167. The standard InChI is InChI=1S/C22H22F3N5O3.CH4O/c1-5-16-19-18(21(31)30(16)14-9-27-29(10-14)11-22(23,24)25)12(2)6-15(28-19)13-7-17(32-3)20(33-4)26-8-13;1-2/h6-10,16H,5,11H2,1-4H3;2H,1H3. The molecule has 188 valence electrons. The SMILES string of the molecule is CCC1c2nc(-c3cnc(OC)c(OC)c3)cc(C)c2C(=O)N1c1cnn(CC(F)(F)F)c1.CO. The van der Waals surface area contributed by atoms with Crippen molar-refractivity contribution in [2.24, 2.45) is 0 Å². The maximum Gasteiger partial charge on any atom is 0.408 e. The van der Waals surface area contributed by atoms with Gasteiger partial charge in [0.15, 0.2) is 5.75 Å². The molecule has 4 heterocycles. The van der Waals surface area contributed by atoms with Gasteiger partial charge in [0.25, 0.3) is 11.8 Å². The van der Waals surface area contributed by atoms with Gasteiger partial charge in [-0.1, -0.05) is 6.92 Å². The number of aliphatic hydroxyl groups is 1. The number of nitrogens with zero attached hydrogens (tertiary/aromatic N) is 5. The fourth-order valence-electron chi connectivity index (χ4n) is 4.04. The molecule has 35 heavy (non-hydrogen) atoms. The molecule has 0 aliphatic carbocycles. The largest absolute Gasteiger partial charge is 0.491 e. The van der Waals surface area contributed by atoms with E-state index in [9.17, 15) is 18.0 Å². The highest BCUT2D eigenvalue weighted by molar-refractivity contribution is 6.11. The van der Waals surface area contributed by atoms with Crippen LogP contribution in [0, 0.1) is 6.92 Å². The fraction of sp³-hybridized carbons (Fsp3) is 0.391. The van der Waals surface area contributed by atoms with Crippen LogP contribution in [0.25, 0.3) is 11.3 Å². The van der Waals surface area contributed by atoms with Crippen molar-refractivity contribution in [1.29, 1.82) is 0 Å². The second-order valence-electron chi connectivity index (χ2n) is 7.63. The van der Waals surface area contributed by atoms with Crippen LogP contribution >= 0.6 is 0 Å². The van der Waals surface area contributed by atoms with Crippen LogP contribution < -0.4 is 14.4 Å². The Morgan fingerprint density at radius 2 is 1.86 bits per heavy atom. The number of amides is 1. The zero-order valence-electron chi connectivity index (χ0n) is 19.9. The van der Waals surface area contributed by atoms with Gasteiger partial charge >= 0.3 is 6.18 Å². The van der Waals surface area contributed by atoms with Crippen LogP contribution in [0.4, 0.5) is 18.9 Å². The van der Waals surface area contributed by atoms with Crippen LogP contribution in [0.2, 0.25) is 0 Å². The van der Waals surface area contributed by atoms with Crippen LogP contribution in [0.5, 0.6) is 11.6 Å². The van der Waals surface area contributed by atoms with Crippen molar-refractivity contribution in [3.8, 4) is 22.9 Å². The molecule has 9 nitrogen and oxygen atoms in total. The molecule has 0 saturated carbocycles. The molecular formula is C23H26F3N5O4. The molecule has 0 saturated heterocycles. The number of carbonyl (C=O) groups is 1. The molecule has 1 N–H and O–H groups in total. The first-order chi connectivity index (χ1) is 16.7. The highest BCUT2D eigenvalue weighted by Crippen LogP contribution is 2.41. The third-order valence-corrected chi connectivity index (χ3v) is 5.46. The summed E-state index contributed by atoms with van der Waals surface area (Å²) in [5.74, 6) is 0.463. The minimum absolute atomic E-state index is 0.294. The van der Waals surface area contributed by atoms with Crippen LogP contribution in [0.3, 0.4) is 0 Å². The number of carbonyl (C=O) groups excluding carboxylic acids is 1. The Morgan fingerprint density at radius 3 is 2.46 bits per heavy atom. The molecule has 0 spiro atoms. The van der Waals surface area contributed by atoms with Gasteiger partial charge in [-0.05, 0) is 31.0 Å². The predicted octanol–water partition coefficient (Wildman–Crippen LogP) is 3.95. The minimum atomic E-state index is -4.41. The Kier molecular flexibility index (Phi) is 7.64. The molecule has 1 unspecified atom stereocenters. The van der Waals surface area contributed by atoms with E-state index in [0.717, 1.165) is 11.8 Å². The van der Waals surface area contributed by atoms with Crippen LogP contribution in [-0.2, 0) is 6.54 Å². The van der Waals surface area contributed by atoms with Gasteiger partial charge in [0, 0.05) is 25.1 Å². The number of alkyl halides is 3. The molecule has 0 fully saturated rings. The quantitative estimate of drug-likeness (QED) is 0.555. The molecule has 12 heteroatoms. The van der Waals surface area contributed by atoms with Crippen molar-refractivity contribution in [3.63, 3.8) is 0 Å². The number of methoxy groups -OCH3 is 2. The van der Waals surface area contributed by atoms with Crippen LogP contribution in [0.1, 0.15) is 41.0 Å². The first-order valence-corrected chi connectivity index (χ1v) is 10.6. The third kappa shape index (κ3) is 5.06. The molecule has 3 aromatic heterocycles. The van der Waals surface area contributed by atoms with Gasteiger partial charge in [-0.25, -0.2) is 9.97 Å². The number of hydrogen-bond donors (Lipinski definition) is 1. The number of aryl methyl sites for hydroxylation is 1. The average molecular weight is 493 g/mol. The summed E-state index contributed by atoms with van der Waals surface area (Å²) < 4.78 is 49.5. The van der Waals surface area contributed by atoms with E-state index in [1.165, 1.54) is 31.5 Å². The fourth-order valence-corrected chi connectivity index (χ4v) is 4.04. The van der Waals surface area contributed by atoms with Gasteiger partial charge in [0.2, 0.25) is 0 Å². The average Bonchev–Trinajstić information content (AvgIpc) is 3.39. The Morgan fingerprint density at radius 1 is 1.14 bits per heavy atom. The Labute approximate surface area is 200 Å². The summed E-state index contributed by atoms with van der Waals surface area (Å²) in [5.41, 5.74) is 3.29. The maximum atomic E-state index is 13.3. The van der Waals surface area contributed by atoms with Crippen molar-refractivity contribution in [1.82, 2.24) is 19.7 Å². The lowest BCUT2D eigenvalue weighted by atomic mass is 10.0. The van der Waals surface area contributed by atoms with E-state index >= 15 is 0 Å². The summed E-state index contributed by atoms with van der Waals surface area (Å²) in [6.45, 7) is 2.47. The van der Waals surface area contributed by atoms with E-state index in [0.29, 0.717) is 51.8 Å². The van der Waals surface area contributed by atoms with E-state index in [1.807, 2.05) is 6.92 Å². The number of aromatic nitrogens is 4. The normalized spacial score (nSPS) is 14.9. The summed E-state index contributed by atoms with van der Waals surface area (Å²) in [6.07, 6.45) is 0.211. The molecule has 4 rings (SSSR count). The number of rotatable bonds is 6. The monoisotopic (exact) mass is 493 g/mol. The number of pyridine rings is 2. The number of hydrogen-bond acceptors (Lipinski definition) is 7. The number of fused-ring (bicyclic) bond motifs is 1. The van der Waals surface area contributed by atoms with Gasteiger partial charge < -0.3 is 14.6 Å². The van der Waals surface area contributed by atoms with Gasteiger partial charge in [0.05, 0.1) is 49.1 Å². The molecule has 0 radical (unpaired) electrons. The smallest absolute Gasteiger partial charge is 0.408 e. The van der Waals surface area contributed by atoms with E-state index in [2.05, 4.69) is 10.1 Å². The molecular weight excluding hydrogens is 467 g/mol. The van der Waals surface area contributed by atoms with E-state index in [-0.39, 0.29) is 5.91 Å². The first-order valence-electron chi connectivity index (χ1n) is 10.6. The van der Waals surface area contributed by atoms with E-state index in [1.54, 1.807) is 25.3 Å². The lowest BCUT2D eigenvalue weighted by Crippen LogP contribution is -2.27. The molecule has 1 aliphatic heterocycles. The number of anilines is 1. The van der Waals surface area contributed by atoms with Crippen molar-refractivity contribution >= 4 is 11.6 Å². The lowest BCUT2D eigenvalue weighted by molar-refractivity contribution is -0.142. The highest BCUT2D eigenvalue weighted by atomic mass is 19.4. The molecule has 3 aromatic rings. The van der Waals surface area contributed by atoms with Crippen molar-refractivity contribution in [2.45, 2.75) is 39.0 Å². The zero-order valence-corrected chi connectivity index (χ0v) is 19.9. The third-order valence-electron chi connectivity index (χ3n) is 5.46. The highest BCUT2D eigenvalue weighted by Gasteiger charge is 2.40. The summed E-state index contributed by atoms with van der Waals surface area (Å²) in [4.78, 5) is 23.8. The van der Waals surface area contributed by atoms with Gasteiger partial charge in [0.1, 0.15) is 6.54 Å².